The standard InChI is InChI=1S/C20H34N6O3/c1-20(2)8-7-16(27)9-14(20)11-23-19-24-12-17(26(28)29)18(25-19)22-10-13-3-5-15(21)6-4-13/h12-16,27H,3-11,21H2,1-2H3,(H2,22,23,24,25)/t13?,14-,15?,16+/m0/s1. The molecule has 3 rings (SSSR count). The lowest BCUT2D eigenvalue weighted by molar-refractivity contribution is -0.384. The molecule has 1 heterocycles. The number of nitrogens with two attached hydrogens (primary N) is 1. The zero-order valence-corrected chi connectivity index (χ0v) is 17.4. The monoisotopic (exact) mass is 406 g/mol. The van der Waals surface area contributed by atoms with Crippen LogP contribution < -0.4 is 16.4 Å². The molecule has 0 amide bonds. The van der Waals surface area contributed by atoms with E-state index in [0.29, 0.717) is 25.0 Å². The van der Waals surface area contributed by atoms with Crippen molar-refractivity contribution in [3.63, 3.8) is 0 Å². The second-order valence-electron chi connectivity index (χ2n) is 9.34. The van der Waals surface area contributed by atoms with E-state index in [9.17, 15) is 15.2 Å². The molecule has 5 N–H and O–H groups in total. The van der Waals surface area contributed by atoms with Crippen LogP contribution in [0.4, 0.5) is 17.5 Å². The summed E-state index contributed by atoms with van der Waals surface area (Å²) in [6.45, 7) is 5.70. The average molecular weight is 407 g/mol. The first-order chi connectivity index (χ1) is 13.7. The van der Waals surface area contributed by atoms with Crippen molar-refractivity contribution in [2.45, 2.75) is 70.9 Å². The number of nitro groups is 1. The van der Waals surface area contributed by atoms with Gasteiger partial charge in [0.05, 0.1) is 11.0 Å². The number of nitrogens with zero attached hydrogens (tertiary/aromatic N) is 3. The Morgan fingerprint density at radius 1 is 1.24 bits per heavy atom. The van der Waals surface area contributed by atoms with Crippen LogP contribution in [0, 0.1) is 27.4 Å². The minimum atomic E-state index is -0.455. The highest BCUT2D eigenvalue weighted by molar-refractivity contribution is 5.57. The van der Waals surface area contributed by atoms with Gasteiger partial charge in [-0.2, -0.15) is 4.98 Å². The molecule has 9 nitrogen and oxygen atoms in total. The Bertz CT molecular complexity index is 705. The molecule has 2 aliphatic rings. The minimum absolute atomic E-state index is 0.114. The summed E-state index contributed by atoms with van der Waals surface area (Å²) in [7, 11) is 0. The molecule has 162 valence electrons. The van der Waals surface area contributed by atoms with Crippen LogP contribution in [0.15, 0.2) is 6.20 Å². The molecular weight excluding hydrogens is 372 g/mol. The van der Waals surface area contributed by atoms with Crippen LogP contribution in [0.2, 0.25) is 0 Å². The van der Waals surface area contributed by atoms with E-state index >= 15 is 0 Å². The molecule has 1 aromatic heterocycles. The summed E-state index contributed by atoms with van der Waals surface area (Å²) in [4.78, 5) is 19.4. The zero-order chi connectivity index (χ0) is 21.0. The van der Waals surface area contributed by atoms with Crippen LogP contribution >= 0.6 is 0 Å². The molecule has 2 aliphatic carbocycles. The molecule has 0 aliphatic heterocycles. The molecule has 0 saturated heterocycles. The first-order valence-corrected chi connectivity index (χ1v) is 10.7. The number of anilines is 2. The van der Waals surface area contributed by atoms with E-state index in [2.05, 4.69) is 34.4 Å². The summed E-state index contributed by atoms with van der Waals surface area (Å²) in [5, 5.41) is 27.8. The van der Waals surface area contributed by atoms with Crippen molar-refractivity contribution in [1.82, 2.24) is 9.97 Å². The molecule has 0 unspecified atom stereocenters. The molecule has 2 fully saturated rings. The fourth-order valence-corrected chi connectivity index (χ4v) is 4.44. The van der Waals surface area contributed by atoms with E-state index in [1.54, 1.807) is 0 Å². The van der Waals surface area contributed by atoms with Gasteiger partial charge < -0.3 is 21.5 Å². The van der Waals surface area contributed by atoms with E-state index in [-0.39, 0.29) is 35.0 Å². The van der Waals surface area contributed by atoms with Crippen LogP contribution in [-0.2, 0) is 0 Å². The van der Waals surface area contributed by atoms with Gasteiger partial charge in [0.25, 0.3) is 0 Å². The van der Waals surface area contributed by atoms with Gasteiger partial charge in [-0.15, -0.1) is 0 Å². The fraction of sp³-hybridized carbons (Fsp3) is 0.800. The van der Waals surface area contributed by atoms with Gasteiger partial charge in [-0.25, -0.2) is 4.98 Å². The molecule has 0 aromatic carbocycles. The maximum absolute atomic E-state index is 11.4. The third kappa shape index (κ3) is 5.76. The van der Waals surface area contributed by atoms with Crippen molar-refractivity contribution in [2.24, 2.45) is 23.0 Å². The number of aliphatic hydroxyl groups is 1. The Morgan fingerprint density at radius 3 is 2.66 bits per heavy atom. The molecule has 9 heteroatoms. The second kappa shape index (κ2) is 9.21. The van der Waals surface area contributed by atoms with Crippen LogP contribution in [-0.4, -0.2) is 45.2 Å². The summed E-state index contributed by atoms with van der Waals surface area (Å²) in [5.41, 5.74) is 5.96. The lowest BCUT2D eigenvalue weighted by atomic mass is 9.68. The van der Waals surface area contributed by atoms with Crippen LogP contribution in [0.1, 0.15) is 58.8 Å². The first kappa shape index (κ1) is 21.7. The Kier molecular flexibility index (Phi) is 6.89. The SMILES string of the molecule is CC1(C)CC[C@@H](O)C[C@H]1CNc1ncc([N+](=O)[O-])c(NCC2CCC(N)CC2)n1. The molecular formula is C20H34N6O3. The largest absolute Gasteiger partial charge is 0.393 e. The number of hydrogen-bond acceptors (Lipinski definition) is 8. The molecule has 0 bridgehead atoms. The summed E-state index contributed by atoms with van der Waals surface area (Å²) >= 11 is 0. The Labute approximate surface area is 172 Å². The highest BCUT2D eigenvalue weighted by Gasteiger charge is 2.35. The normalized spacial score (nSPS) is 29.2. The molecule has 2 saturated carbocycles. The molecule has 0 spiro atoms. The third-order valence-electron chi connectivity index (χ3n) is 6.71. The van der Waals surface area contributed by atoms with Gasteiger partial charge in [-0.1, -0.05) is 13.8 Å². The fourth-order valence-electron chi connectivity index (χ4n) is 4.44. The summed E-state index contributed by atoms with van der Waals surface area (Å²) in [6.07, 6.45) is 7.57. The maximum atomic E-state index is 11.4. The van der Waals surface area contributed by atoms with E-state index in [4.69, 9.17) is 5.73 Å². The van der Waals surface area contributed by atoms with Gasteiger partial charge in [0.2, 0.25) is 11.8 Å². The summed E-state index contributed by atoms with van der Waals surface area (Å²) in [6, 6.07) is 0.276. The predicted octanol–water partition coefficient (Wildman–Crippen LogP) is 2.91. The molecule has 29 heavy (non-hydrogen) atoms. The quantitative estimate of drug-likeness (QED) is 0.400. The van der Waals surface area contributed by atoms with Crippen molar-refractivity contribution < 1.29 is 10.0 Å². The first-order valence-electron chi connectivity index (χ1n) is 10.7. The van der Waals surface area contributed by atoms with Crippen molar-refractivity contribution in [1.29, 1.82) is 0 Å². The van der Waals surface area contributed by atoms with Gasteiger partial charge in [0, 0.05) is 19.1 Å². The van der Waals surface area contributed by atoms with Crippen LogP contribution in [0.25, 0.3) is 0 Å². The molecule has 1 aromatic rings. The van der Waals surface area contributed by atoms with Crippen molar-refractivity contribution in [3.8, 4) is 0 Å². The van der Waals surface area contributed by atoms with Gasteiger partial charge in [0.15, 0.2) is 0 Å². The number of rotatable bonds is 7. The third-order valence-corrected chi connectivity index (χ3v) is 6.71. The average Bonchev–Trinajstić information content (AvgIpc) is 2.68. The lowest BCUT2D eigenvalue weighted by Crippen LogP contribution is -2.38. The van der Waals surface area contributed by atoms with E-state index < -0.39 is 4.92 Å². The minimum Gasteiger partial charge on any atom is -0.393 e. The number of nitrogens with one attached hydrogen (secondary N) is 2. The van der Waals surface area contributed by atoms with Gasteiger partial charge in [0.1, 0.15) is 6.20 Å². The Balaban J connectivity index is 1.63. The summed E-state index contributed by atoms with van der Waals surface area (Å²) < 4.78 is 0. The lowest BCUT2D eigenvalue weighted by Gasteiger charge is -2.40. The van der Waals surface area contributed by atoms with Gasteiger partial charge in [-0.3, -0.25) is 10.1 Å². The Morgan fingerprint density at radius 2 is 1.97 bits per heavy atom. The highest BCUT2D eigenvalue weighted by atomic mass is 16.6. The van der Waals surface area contributed by atoms with Crippen LogP contribution in [0.3, 0.4) is 0 Å². The molecule has 2 atom stereocenters. The Hall–Kier alpha value is -2.00. The predicted molar refractivity (Wildman–Crippen MR) is 113 cm³/mol. The highest BCUT2D eigenvalue weighted by Crippen LogP contribution is 2.40. The van der Waals surface area contributed by atoms with Crippen molar-refractivity contribution in [2.75, 3.05) is 23.7 Å². The molecule has 0 radical (unpaired) electrons. The topological polar surface area (TPSA) is 139 Å². The number of aromatic nitrogens is 2. The van der Waals surface area contributed by atoms with E-state index in [1.807, 2.05) is 0 Å². The number of hydrogen-bond donors (Lipinski definition) is 4. The van der Waals surface area contributed by atoms with Gasteiger partial charge in [-0.05, 0) is 62.2 Å². The van der Waals surface area contributed by atoms with Crippen molar-refractivity contribution >= 4 is 17.5 Å². The summed E-state index contributed by atoms with van der Waals surface area (Å²) in [5.74, 6) is 1.36. The van der Waals surface area contributed by atoms with E-state index in [1.165, 1.54) is 6.20 Å². The maximum Gasteiger partial charge on any atom is 0.329 e. The zero-order valence-electron chi connectivity index (χ0n) is 17.4. The number of aliphatic hydroxyl groups excluding tert-OH is 1. The second-order valence-corrected chi connectivity index (χ2v) is 9.34. The smallest absolute Gasteiger partial charge is 0.329 e. The van der Waals surface area contributed by atoms with Crippen molar-refractivity contribution in [3.05, 3.63) is 16.3 Å². The van der Waals surface area contributed by atoms with Crippen LogP contribution in [0.5, 0.6) is 0 Å². The van der Waals surface area contributed by atoms with Gasteiger partial charge >= 0.3 is 5.69 Å². The van der Waals surface area contributed by atoms with E-state index in [0.717, 1.165) is 44.9 Å².